The zero-order valence-corrected chi connectivity index (χ0v) is 7.64. The molecule has 2 fully saturated rings. The molecule has 0 N–H and O–H groups in total. The van der Waals surface area contributed by atoms with E-state index in [0.717, 1.165) is 11.2 Å². The second-order valence-corrected chi connectivity index (χ2v) is 4.03. The van der Waals surface area contributed by atoms with E-state index in [1.54, 1.807) is 0 Å². The van der Waals surface area contributed by atoms with Gasteiger partial charge in [0.15, 0.2) is 0 Å². The Kier molecular flexibility index (Phi) is 2.01. The van der Waals surface area contributed by atoms with Crippen LogP contribution >= 0.6 is 15.9 Å². The van der Waals surface area contributed by atoms with Crippen LogP contribution in [0, 0.1) is 5.92 Å². The van der Waals surface area contributed by atoms with Crippen molar-refractivity contribution in [2.75, 3.05) is 5.33 Å². The van der Waals surface area contributed by atoms with Crippen LogP contribution in [0.15, 0.2) is 0 Å². The van der Waals surface area contributed by atoms with Crippen LogP contribution in [0.25, 0.3) is 0 Å². The average Bonchev–Trinajstić information content (AvgIpc) is 2.42. The van der Waals surface area contributed by atoms with Gasteiger partial charge in [0.25, 0.3) is 0 Å². The normalized spacial score (nSPS) is 45.9. The highest BCUT2D eigenvalue weighted by Crippen LogP contribution is 2.39. The zero-order valence-electron chi connectivity index (χ0n) is 6.05. The van der Waals surface area contributed by atoms with Gasteiger partial charge in [-0.2, -0.15) is 0 Å². The largest absolute Gasteiger partial charge is 0.374 e. The SMILES string of the molecule is BrCC1C[C@@H]2CCC[C@H]2O1. The van der Waals surface area contributed by atoms with Crippen molar-refractivity contribution in [2.45, 2.75) is 37.9 Å². The Morgan fingerprint density at radius 3 is 3.00 bits per heavy atom. The Morgan fingerprint density at radius 2 is 2.30 bits per heavy atom. The highest BCUT2D eigenvalue weighted by atomic mass is 79.9. The monoisotopic (exact) mass is 204 g/mol. The molecule has 1 nitrogen and oxygen atoms in total. The maximum Gasteiger partial charge on any atom is 0.0679 e. The molecule has 0 amide bonds. The fourth-order valence-electron chi connectivity index (χ4n) is 2.19. The van der Waals surface area contributed by atoms with E-state index in [1.165, 1.54) is 25.7 Å². The molecule has 1 saturated heterocycles. The second-order valence-electron chi connectivity index (χ2n) is 3.38. The molecule has 2 heteroatoms. The third-order valence-electron chi connectivity index (χ3n) is 2.69. The summed E-state index contributed by atoms with van der Waals surface area (Å²) < 4.78 is 5.79. The van der Waals surface area contributed by atoms with E-state index in [-0.39, 0.29) is 0 Å². The van der Waals surface area contributed by atoms with Crippen LogP contribution in [0.5, 0.6) is 0 Å². The molecular formula is C8H13BrO. The number of ether oxygens (including phenoxy) is 1. The van der Waals surface area contributed by atoms with Crippen LogP contribution in [-0.4, -0.2) is 17.5 Å². The summed E-state index contributed by atoms with van der Waals surface area (Å²) in [7, 11) is 0. The first-order valence-electron chi connectivity index (χ1n) is 4.11. The van der Waals surface area contributed by atoms with E-state index in [1.807, 2.05) is 0 Å². The van der Waals surface area contributed by atoms with Gasteiger partial charge in [-0.05, 0) is 25.2 Å². The smallest absolute Gasteiger partial charge is 0.0679 e. The first-order chi connectivity index (χ1) is 4.90. The molecule has 0 aromatic heterocycles. The Balaban J connectivity index is 1.94. The summed E-state index contributed by atoms with van der Waals surface area (Å²) in [6.07, 6.45) is 6.57. The Morgan fingerprint density at radius 1 is 1.40 bits per heavy atom. The lowest BCUT2D eigenvalue weighted by molar-refractivity contribution is 0.0543. The number of alkyl halides is 1. The second kappa shape index (κ2) is 2.82. The maximum atomic E-state index is 5.79. The van der Waals surface area contributed by atoms with Gasteiger partial charge in [-0.25, -0.2) is 0 Å². The molecule has 10 heavy (non-hydrogen) atoms. The minimum absolute atomic E-state index is 0.523. The molecule has 0 radical (unpaired) electrons. The topological polar surface area (TPSA) is 9.23 Å². The molecule has 1 aliphatic heterocycles. The van der Waals surface area contributed by atoms with Gasteiger partial charge in [-0.1, -0.05) is 22.4 Å². The number of rotatable bonds is 1. The number of hydrogen-bond acceptors (Lipinski definition) is 1. The molecule has 1 aliphatic carbocycles. The van der Waals surface area contributed by atoms with Crippen molar-refractivity contribution in [2.24, 2.45) is 5.92 Å². The van der Waals surface area contributed by atoms with E-state index in [2.05, 4.69) is 15.9 Å². The molecule has 0 bridgehead atoms. The van der Waals surface area contributed by atoms with Crippen molar-refractivity contribution in [1.29, 1.82) is 0 Å². The summed E-state index contributed by atoms with van der Waals surface area (Å²) in [5.41, 5.74) is 0. The third kappa shape index (κ3) is 1.12. The molecule has 0 aromatic rings. The minimum Gasteiger partial charge on any atom is -0.374 e. The Hall–Kier alpha value is 0.440. The predicted molar refractivity (Wildman–Crippen MR) is 44.4 cm³/mol. The van der Waals surface area contributed by atoms with Gasteiger partial charge < -0.3 is 4.74 Å². The van der Waals surface area contributed by atoms with E-state index in [4.69, 9.17) is 4.74 Å². The fraction of sp³-hybridized carbons (Fsp3) is 1.00. The Bertz CT molecular complexity index is 114. The van der Waals surface area contributed by atoms with Crippen LogP contribution in [0.2, 0.25) is 0 Å². The molecule has 1 unspecified atom stereocenters. The summed E-state index contributed by atoms with van der Waals surface area (Å²) >= 11 is 3.46. The van der Waals surface area contributed by atoms with E-state index in [0.29, 0.717) is 12.2 Å². The van der Waals surface area contributed by atoms with E-state index >= 15 is 0 Å². The molecule has 2 aliphatic rings. The highest BCUT2D eigenvalue weighted by Gasteiger charge is 2.37. The van der Waals surface area contributed by atoms with Crippen molar-refractivity contribution >= 4 is 15.9 Å². The Labute approximate surface area is 70.3 Å². The molecular weight excluding hydrogens is 192 g/mol. The molecule has 3 atom stereocenters. The van der Waals surface area contributed by atoms with Crippen molar-refractivity contribution in [3.8, 4) is 0 Å². The van der Waals surface area contributed by atoms with Crippen LogP contribution in [0.1, 0.15) is 25.7 Å². The van der Waals surface area contributed by atoms with Gasteiger partial charge in [0.1, 0.15) is 0 Å². The molecule has 0 aromatic carbocycles. The molecule has 2 rings (SSSR count). The van der Waals surface area contributed by atoms with Gasteiger partial charge >= 0.3 is 0 Å². The lowest BCUT2D eigenvalue weighted by Gasteiger charge is -2.07. The molecule has 1 heterocycles. The van der Waals surface area contributed by atoms with Crippen molar-refractivity contribution in [3.63, 3.8) is 0 Å². The number of halogens is 1. The molecule has 1 saturated carbocycles. The number of fused-ring (bicyclic) bond motifs is 1. The summed E-state index contributed by atoms with van der Waals surface area (Å²) in [4.78, 5) is 0. The van der Waals surface area contributed by atoms with Gasteiger partial charge in [-0.15, -0.1) is 0 Å². The van der Waals surface area contributed by atoms with Gasteiger partial charge in [0.05, 0.1) is 12.2 Å². The summed E-state index contributed by atoms with van der Waals surface area (Å²) in [6.45, 7) is 0. The van der Waals surface area contributed by atoms with Crippen LogP contribution in [0.4, 0.5) is 0 Å². The zero-order chi connectivity index (χ0) is 6.97. The minimum atomic E-state index is 0.523. The quantitative estimate of drug-likeness (QED) is 0.597. The first kappa shape index (κ1) is 7.11. The van der Waals surface area contributed by atoms with Gasteiger partial charge in [0, 0.05) is 5.33 Å². The molecule has 58 valence electrons. The maximum absolute atomic E-state index is 5.79. The first-order valence-corrected chi connectivity index (χ1v) is 5.23. The predicted octanol–water partition coefficient (Wildman–Crippen LogP) is 2.34. The molecule has 0 spiro atoms. The van der Waals surface area contributed by atoms with Crippen molar-refractivity contribution in [3.05, 3.63) is 0 Å². The lowest BCUT2D eigenvalue weighted by atomic mass is 10.0. The standard InChI is InChI=1S/C8H13BrO/c9-5-7-4-6-2-1-3-8(6)10-7/h6-8H,1-5H2/t6-,7?,8+/m0/s1. The van der Waals surface area contributed by atoms with E-state index in [9.17, 15) is 0 Å². The van der Waals surface area contributed by atoms with Crippen LogP contribution in [0.3, 0.4) is 0 Å². The van der Waals surface area contributed by atoms with Gasteiger partial charge in [-0.3, -0.25) is 0 Å². The van der Waals surface area contributed by atoms with Crippen molar-refractivity contribution < 1.29 is 4.74 Å². The van der Waals surface area contributed by atoms with Crippen LogP contribution < -0.4 is 0 Å². The summed E-state index contributed by atoms with van der Waals surface area (Å²) in [6, 6.07) is 0. The highest BCUT2D eigenvalue weighted by molar-refractivity contribution is 9.09. The fourth-order valence-corrected chi connectivity index (χ4v) is 2.61. The lowest BCUT2D eigenvalue weighted by Crippen LogP contribution is -2.10. The van der Waals surface area contributed by atoms with Gasteiger partial charge in [0.2, 0.25) is 0 Å². The van der Waals surface area contributed by atoms with E-state index < -0.39 is 0 Å². The van der Waals surface area contributed by atoms with Crippen molar-refractivity contribution in [1.82, 2.24) is 0 Å². The van der Waals surface area contributed by atoms with Crippen LogP contribution in [-0.2, 0) is 4.74 Å². The average molecular weight is 205 g/mol. The summed E-state index contributed by atoms with van der Waals surface area (Å²) in [5, 5.41) is 1.03. The third-order valence-corrected chi connectivity index (χ3v) is 3.42. The summed E-state index contributed by atoms with van der Waals surface area (Å²) in [5.74, 6) is 0.905. The number of hydrogen-bond donors (Lipinski definition) is 0.